The summed E-state index contributed by atoms with van der Waals surface area (Å²) in [5.74, 6) is 0.662. The van der Waals surface area contributed by atoms with Crippen molar-refractivity contribution >= 4 is 23.2 Å². The highest BCUT2D eigenvalue weighted by atomic mass is 15.1. The van der Waals surface area contributed by atoms with E-state index in [1.165, 1.54) is 40.6 Å². The number of hydrogen-bond donors (Lipinski definition) is 1. The summed E-state index contributed by atoms with van der Waals surface area (Å²) in [6, 6.07) is 6.75. The zero-order valence-electron chi connectivity index (χ0n) is 14.3. The first-order valence-corrected chi connectivity index (χ1v) is 9.04. The number of aliphatic imine (C=N–C) groups is 1. The molecule has 1 N–H and O–H groups in total. The lowest BCUT2D eigenvalue weighted by molar-refractivity contribution is 0.256. The van der Waals surface area contributed by atoms with Crippen molar-refractivity contribution in [2.45, 2.75) is 38.5 Å². The van der Waals surface area contributed by atoms with Crippen LogP contribution in [0.2, 0.25) is 0 Å². The number of aromatic amines is 1. The molecule has 3 heterocycles. The van der Waals surface area contributed by atoms with Gasteiger partial charge in [0.05, 0.1) is 0 Å². The number of hydrogen-bond acceptors (Lipinski definition) is 2. The maximum Gasteiger partial charge on any atom is 0.0462 e. The summed E-state index contributed by atoms with van der Waals surface area (Å²) in [4.78, 5) is 10.3. The van der Waals surface area contributed by atoms with Gasteiger partial charge in [-0.15, -0.1) is 0 Å². The predicted octanol–water partition coefficient (Wildman–Crippen LogP) is 5.09. The summed E-state index contributed by atoms with van der Waals surface area (Å²) in [5, 5.41) is 1.39. The fraction of sp³-hybridized carbons (Fsp3) is 0.381. The van der Waals surface area contributed by atoms with Gasteiger partial charge in [-0.3, -0.25) is 4.99 Å². The quantitative estimate of drug-likeness (QED) is 0.840. The molecule has 0 aliphatic carbocycles. The number of nitrogens with one attached hydrogen (secondary N) is 1. The van der Waals surface area contributed by atoms with E-state index < -0.39 is 0 Å². The van der Waals surface area contributed by atoms with Gasteiger partial charge < -0.3 is 9.88 Å². The van der Waals surface area contributed by atoms with Crippen molar-refractivity contribution in [2.75, 3.05) is 13.1 Å². The van der Waals surface area contributed by atoms with Crippen LogP contribution in [0.5, 0.6) is 0 Å². The first-order valence-electron chi connectivity index (χ1n) is 9.04. The van der Waals surface area contributed by atoms with E-state index >= 15 is 0 Å². The molecule has 0 unspecified atom stereocenters. The van der Waals surface area contributed by atoms with Crippen LogP contribution < -0.4 is 0 Å². The van der Waals surface area contributed by atoms with E-state index in [4.69, 9.17) is 0 Å². The number of aromatic nitrogens is 1. The van der Waals surface area contributed by atoms with Gasteiger partial charge in [-0.25, -0.2) is 0 Å². The third-order valence-electron chi connectivity index (χ3n) is 5.30. The van der Waals surface area contributed by atoms with Crippen molar-refractivity contribution in [3.8, 4) is 0 Å². The second-order valence-electron chi connectivity index (χ2n) is 6.80. The Balaban J connectivity index is 1.50. The van der Waals surface area contributed by atoms with Crippen LogP contribution in [0.4, 0.5) is 0 Å². The smallest absolute Gasteiger partial charge is 0.0462 e. The molecule has 24 heavy (non-hydrogen) atoms. The normalized spacial score (nSPS) is 19.4. The topological polar surface area (TPSA) is 31.4 Å². The minimum atomic E-state index is 0.662. The maximum absolute atomic E-state index is 4.33. The minimum Gasteiger partial charge on any atom is -0.374 e. The lowest BCUT2D eigenvalue weighted by Gasteiger charge is -2.35. The molecule has 2 aromatic rings. The molecule has 4 rings (SSSR count). The summed E-state index contributed by atoms with van der Waals surface area (Å²) in [6.45, 7) is 4.36. The molecule has 3 heteroatoms. The van der Waals surface area contributed by atoms with Gasteiger partial charge in [0.2, 0.25) is 0 Å². The summed E-state index contributed by atoms with van der Waals surface area (Å²) in [7, 11) is 0. The predicted molar refractivity (Wildman–Crippen MR) is 102 cm³/mol. The second kappa shape index (κ2) is 6.68. The van der Waals surface area contributed by atoms with E-state index in [1.54, 1.807) is 0 Å². The summed E-state index contributed by atoms with van der Waals surface area (Å²) in [6.07, 6.45) is 15.2. The zero-order chi connectivity index (χ0) is 16.4. The molecule has 0 saturated carbocycles. The van der Waals surface area contributed by atoms with Gasteiger partial charge >= 0.3 is 0 Å². The third-order valence-corrected chi connectivity index (χ3v) is 5.30. The Labute approximate surface area is 143 Å². The number of likely N-dealkylation sites (tertiary alicyclic amines) is 1. The van der Waals surface area contributed by atoms with Crippen LogP contribution in [0.25, 0.3) is 17.0 Å². The molecule has 0 spiro atoms. The Kier molecular flexibility index (Phi) is 4.24. The molecular weight excluding hydrogens is 294 g/mol. The molecule has 2 aliphatic heterocycles. The van der Waals surface area contributed by atoms with Crippen molar-refractivity contribution in [1.29, 1.82) is 0 Å². The monoisotopic (exact) mass is 319 g/mol. The van der Waals surface area contributed by atoms with Crippen molar-refractivity contribution in [3.05, 3.63) is 53.5 Å². The molecule has 0 bridgehead atoms. The van der Waals surface area contributed by atoms with Gasteiger partial charge in [0, 0.05) is 48.3 Å². The third kappa shape index (κ3) is 2.91. The minimum absolute atomic E-state index is 0.662. The second-order valence-corrected chi connectivity index (χ2v) is 6.80. The van der Waals surface area contributed by atoms with Gasteiger partial charge in [-0.2, -0.15) is 0 Å². The number of nitrogens with zero attached hydrogens (tertiary/aromatic N) is 2. The first kappa shape index (κ1) is 15.3. The number of H-pyrrole nitrogens is 1. The lowest BCUT2D eigenvalue weighted by atomic mass is 9.88. The first-order chi connectivity index (χ1) is 11.8. The highest BCUT2D eigenvalue weighted by molar-refractivity contribution is 5.85. The van der Waals surface area contributed by atoms with Gasteiger partial charge in [-0.1, -0.05) is 24.3 Å². The fourth-order valence-electron chi connectivity index (χ4n) is 4.01. The van der Waals surface area contributed by atoms with Crippen molar-refractivity contribution in [2.24, 2.45) is 4.99 Å². The molecule has 1 aromatic carbocycles. The molecule has 1 fully saturated rings. The van der Waals surface area contributed by atoms with Crippen LogP contribution in [0.1, 0.15) is 49.7 Å². The highest BCUT2D eigenvalue weighted by Gasteiger charge is 2.24. The van der Waals surface area contributed by atoms with Crippen LogP contribution >= 0.6 is 0 Å². The molecule has 124 valence electrons. The van der Waals surface area contributed by atoms with Crippen LogP contribution in [-0.4, -0.2) is 29.2 Å². The standard InChI is InChI=1S/C21H25N3/c1-2-4-16-6-7-19-20(15-23-21(19)13-16)17-8-11-24(12-9-17)18-5-3-10-22-14-18/h2,4,6-7,10,13-15,17,23H,3,5,8-9,11-12H2,1H3. The van der Waals surface area contributed by atoms with Crippen molar-refractivity contribution in [3.63, 3.8) is 0 Å². The van der Waals surface area contributed by atoms with E-state index in [0.29, 0.717) is 5.92 Å². The lowest BCUT2D eigenvalue weighted by Crippen LogP contribution is -2.32. The summed E-state index contributed by atoms with van der Waals surface area (Å²) < 4.78 is 0. The molecule has 0 amide bonds. The van der Waals surface area contributed by atoms with Gasteiger partial charge in [0.1, 0.15) is 0 Å². The van der Waals surface area contributed by atoms with Crippen LogP contribution in [0.3, 0.4) is 0 Å². The number of rotatable bonds is 3. The largest absolute Gasteiger partial charge is 0.374 e. The Morgan fingerprint density at radius 2 is 2.12 bits per heavy atom. The SMILES string of the molecule is CC=Cc1ccc2c(C3CCN(C4=CN=CCC4)CC3)c[nH]c2c1. The molecular formula is C21H25N3. The molecule has 3 nitrogen and oxygen atoms in total. The Morgan fingerprint density at radius 1 is 1.25 bits per heavy atom. The fourth-order valence-corrected chi connectivity index (χ4v) is 4.01. The molecule has 2 aliphatic rings. The molecule has 0 atom stereocenters. The summed E-state index contributed by atoms with van der Waals surface area (Å²) >= 11 is 0. The van der Waals surface area contributed by atoms with Crippen LogP contribution in [0, 0.1) is 0 Å². The van der Waals surface area contributed by atoms with Crippen LogP contribution in [0.15, 0.2) is 47.4 Å². The van der Waals surface area contributed by atoms with Gasteiger partial charge in [-0.05, 0) is 55.7 Å². The van der Waals surface area contributed by atoms with Crippen LogP contribution in [-0.2, 0) is 0 Å². The Bertz CT molecular complexity index is 802. The molecule has 1 aromatic heterocycles. The average Bonchev–Trinajstić information content (AvgIpc) is 3.06. The number of fused-ring (bicyclic) bond motifs is 1. The Hall–Kier alpha value is -2.29. The van der Waals surface area contributed by atoms with E-state index in [0.717, 1.165) is 25.9 Å². The zero-order valence-corrected chi connectivity index (χ0v) is 14.3. The van der Waals surface area contributed by atoms with E-state index in [2.05, 4.69) is 64.5 Å². The maximum atomic E-state index is 4.33. The van der Waals surface area contributed by atoms with Gasteiger partial charge in [0.15, 0.2) is 0 Å². The molecule has 1 saturated heterocycles. The van der Waals surface area contributed by atoms with Gasteiger partial charge in [0.25, 0.3) is 0 Å². The number of allylic oxidation sites excluding steroid dienone is 2. The van der Waals surface area contributed by atoms with E-state index in [9.17, 15) is 0 Å². The molecule has 0 radical (unpaired) electrons. The number of benzene rings is 1. The highest BCUT2D eigenvalue weighted by Crippen LogP contribution is 2.35. The van der Waals surface area contributed by atoms with Crippen molar-refractivity contribution in [1.82, 2.24) is 9.88 Å². The average molecular weight is 319 g/mol. The summed E-state index contributed by atoms with van der Waals surface area (Å²) in [5.41, 5.74) is 5.43. The Morgan fingerprint density at radius 3 is 2.88 bits per heavy atom. The van der Waals surface area contributed by atoms with E-state index in [-0.39, 0.29) is 0 Å². The number of piperidine rings is 1. The van der Waals surface area contributed by atoms with E-state index in [1.807, 2.05) is 6.21 Å². The van der Waals surface area contributed by atoms with Crippen molar-refractivity contribution < 1.29 is 0 Å².